The Labute approximate surface area is 126 Å². The predicted octanol–water partition coefficient (Wildman–Crippen LogP) is 1.71. The van der Waals surface area contributed by atoms with Crippen LogP contribution in [-0.4, -0.2) is 49.2 Å². The zero-order valence-electron chi connectivity index (χ0n) is 13.1. The van der Waals surface area contributed by atoms with Gasteiger partial charge in [-0.25, -0.2) is 0 Å². The van der Waals surface area contributed by atoms with Crippen molar-refractivity contribution in [3.05, 3.63) is 23.8 Å². The van der Waals surface area contributed by atoms with Crippen LogP contribution in [0.5, 0.6) is 0 Å². The van der Waals surface area contributed by atoms with Crippen molar-refractivity contribution in [3.63, 3.8) is 0 Å². The third-order valence-electron chi connectivity index (χ3n) is 4.16. The van der Waals surface area contributed by atoms with Gasteiger partial charge in [0.05, 0.1) is 17.0 Å². The number of benzene rings is 1. The molecule has 0 aliphatic heterocycles. The van der Waals surface area contributed by atoms with Gasteiger partial charge in [-0.05, 0) is 31.0 Å². The van der Waals surface area contributed by atoms with E-state index in [1.165, 1.54) is 0 Å². The van der Waals surface area contributed by atoms with Crippen molar-refractivity contribution in [2.75, 3.05) is 38.3 Å². The zero-order chi connectivity index (χ0) is 15.6. The number of nitrogens with zero attached hydrogens (tertiary/aromatic N) is 2. The van der Waals surface area contributed by atoms with Crippen LogP contribution < -0.4 is 10.6 Å². The van der Waals surface area contributed by atoms with E-state index in [4.69, 9.17) is 5.73 Å². The van der Waals surface area contributed by atoms with Crippen LogP contribution in [0.4, 0.5) is 11.4 Å². The number of likely N-dealkylation sites (N-methyl/N-ethyl adjacent to an activating group) is 1. The molecule has 1 fully saturated rings. The molecule has 1 aliphatic rings. The molecule has 21 heavy (non-hydrogen) atoms. The molecule has 116 valence electrons. The van der Waals surface area contributed by atoms with Gasteiger partial charge in [0, 0.05) is 33.3 Å². The Balaban J connectivity index is 2.21. The van der Waals surface area contributed by atoms with Gasteiger partial charge in [-0.2, -0.15) is 0 Å². The standard InChI is InChI=1S/C16H25N3O2/c1-18(2)15(20)12-6-7-13(17)14(10-12)19(3)11-16(21)8-4-5-9-16/h6-7,10,21H,4-5,8-9,11,17H2,1-3H3. The number of rotatable bonds is 4. The molecule has 1 aromatic rings. The van der Waals surface area contributed by atoms with Crippen molar-refractivity contribution in [2.45, 2.75) is 31.3 Å². The number of hydrogen-bond donors (Lipinski definition) is 2. The number of hydrogen-bond acceptors (Lipinski definition) is 4. The molecule has 0 bridgehead atoms. The Morgan fingerprint density at radius 3 is 2.48 bits per heavy atom. The minimum absolute atomic E-state index is 0.0516. The number of carbonyl (C=O) groups is 1. The third kappa shape index (κ3) is 3.47. The third-order valence-corrected chi connectivity index (χ3v) is 4.16. The summed E-state index contributed by atoms with van der Waals surface area (Å²) in [5, 5.41) is 10.5. The predicted molar refractivity (Wildman–Crippen MR) is 85.6 cm³/mol. The van der Waals surface area contributed by atoms with E-state index in [9.17, 15) is 9.90 Å². The summed E-state index contributed by atoms with van der Waals surface area (Å²) in [6.45, 7) is 0.539. The van der Waals surface area contributed by atoms with E-state index in [2.05, 4.69) is 0 Å². The van der Waals surface area contributed by atoms with E-state index < -0.39 is 5.60 Å². The highest BCUT2D eigenvalue weighted by Gasteiger charge is 2.32. The molecule has 0 heterocycles. The van der Waals surface area contributed by atoms with E-state index in [-0.39, 0.29) is 5.91 Å². The van der Waals surface area contributed by atoms with Crippen LogP contribution >= 0.6 is 0 Å². The summed E-state index contributed by atoms with van der Waals surface area (Å²) in [4.78, 5) is 15.5. The average Bonchev–Trinajstić information content (AvgIpc) is 2.84. The molecule has 0 spiro atoms. The largest absolute Gasteiger partial charge is 0.397 e. The number of nitrogen functional groups attached to an aromatic ring is 1. The Hall–Kier alpha value is -1.75. The van der Waals surface area contributed by atoms with Gasteiger partial charge >= 0.3 is 0 Å². The topological polar surface area (TPSA) is 69.8 Å². The fourth-order valence-corrected chi connectivity index (χ4v) is 2.98. The first-order valence-corrected chi connectivity index (χ1v) is 7.37. The molecule has 3 N–H and O–H groups in total. The van der Waals surface area contributed by atoms with E-state index in [1.54, 1.807) is 37.2 Å². The zero-order valence-corrected chi connectivity index (χ0v) is 13.1. The molecule has 0 saturated heterocycles. The highest BCUT2D eigenvalue weighted by Crippen LogP contribution is 2.32. The van der Waals surface area contributed by atoms with Crippen LogP contribution in [0.2, 0.25) is 0 Å². The lowest BCUT2D eigenvalue weighted by Crippen LogP contribution is -2.39. The highest BCUT2D eigenvalue weighted by molar-refractivity contribution is 5.96. The van der Waals surface area contributed by atoms with Gasteiger partial charge in [0.2, 0.25) is 0 Å². The van der Waals surface area contributed by atoms with Crippen LogP contribution in [0, 0.1) is 0 Å². The van der Waals surface area contributed by atoms with Crippen LogP contribution in [0.15, 0.2) is 18.2 Å². The van der Waals surface area contributed by atoms with E-state index >= 15 is 0 Å². The van der Waals surface area contributed by atoms with Gasteiger partial charge in [-0.3, -0.25) is 4.79 Å². The monoisotopic (exact) mass is 291 g/mol. The van der Waals surface area contributed by atoms with Crippen molar-refractivity contribution in [3.8, 4) is 0 Å². The van der Waals surface area contributed by atoms with Gasteiger partial charge < -0.3 is 20.6 Å². The van der Waals surface area contributed by atoms with Gasteiger partial charge in [-0.1, -0.05) is 12.8 Å². The number of amides is 1. The summed E-state index contributed by atoms with van der Waals surface area (Å²) in [5.74, 6) is -0.0516. The van der Waals surface area contributed by atoms with Crippen molar-refractivity contribution < 1.29 is 9.90 Å². The van der Waals surface area contributed by atoms with Gasteiger partial charge in [0.1, 0.15) is 0 Å². The Kier molecular flexibility index (Phi) is 4.42. The Morgan fingerprint density at radius 1 is 1.29 bits per heavy atom. The number of anilines is 2. The van der Waals surface area contributed by atoms with Crippen LogP contribution in [0.1, 0.15) is 36.0 Å². The molecule has 1 amide bonds. The highest BCUT2D eigenvalue weighted by atomic mass is 16.3. The van der Waals surface area contributed by atoms with Crippen LogP contribution in [0.25, 0.3) is 0 Å². The van der Waals surface area contributed by atoms with Gasteiger partial charge in [0.15, 0.2) is 0 Å². The minimum Gasteiger partial charge on any atom is -0.397 e. The molecule has 5 nitrogen and oxygen atoms in total. The number of carbonyl (C=O) groups excluding carboxylic acids is 1. The smallest absolute Gasteiger partial charge is 0.253 e. The molecule has 0 atom stereocenters. The Bertz CT molecular complexity index is 522. The summed E-state index contributed by atoms with van der Waals surface area (Å²) in [7, 11) is 5.36. The summed E-state index contributed by atoms with van der Waals surface area (Å²) in [6, 6.07) is 5.29. The Morgan fingerprint density at radius 2 is 1.90 bits per heavy atom. The first-order valence-electron chi connectivity index (χ1n) is 7.37. The SMILES string of the molecule is CN(C)C(=O)c1ccc(N)c(N(C)CC2(O)CCCC2)c1. The maximum atomic E-state index is 12.1. The lowest BCUT2D eigenvalue weighted by molar-refractivity contribution is 0.0559. The lowest BCUT2D eigenvalue weighted by Gasteiger charge is -2.31. The van der Waals surface area contributed by atoms with E-state index in [1.807, 2.05) is 11.9 Å². The second-order valence-corrected chi connectivity index (χ2v) is 6.26. The quantitative estimate of drug-likeness (QED) is 0.829. The molecule has 0 radical (unpaired) electrons. The first kappa shape index (κ1) is 15.6. The summed E-state index contributed by atoms with van der Waals surface area (Å²) in [5.41, 5.74) is 7.42. The second kappa shape index (κ2) is 5.93. The van der Waals surface area contributed by atoms with Crippen molar-refractivity contribution in [2.24, 2.45) is 0 Å². The molecule has 1 aromatic carbocycles. The normalized spacial score (nSPS) is 16.8. The van der Waals surface area contributed by atoms with E-state index in [0.717, 1.165) is 31.4 Å². The van der Waals surface area contributed by atoms with Crippen LogP contribution in [-0.2, 0) is 0 Å². The molecule has 2 rings (SSSR count). The first-order chi connectivity index (χ1) is 9.82. The fraction of sp³-hybridized carbons (Fsp3) is 0.562. The average molecular weight is 291 g/mol. The number of aliphatic hydroxyl groups is 1. The molecule has 0 aromatic heterocycles. The maximum absolute atomic E-state index is 12.1. The van der Waals surface area contributed by atoms with Gasteiger partial charge in [0.25, 0.3) is 5.91 Å². The van der Waals surface area contributed by atoms with Crippen molar-refractivity contribution in [1.29, 1.82) is 0 Å². The molecule has 1 saturated carbocycles. The molecule has 0 unspecified atom stereocenters. The maximum Gasteiger partial charge on any atom is 0.253 e. The number of nitrogens with two attached hydrogens (primary N) is 1. The summed E-state index contributed by atoms with van der Waals surface area (Å²) < 4.78 is 0. The molecular formula is C16H25N3O2. The van der Waals surface area contributed by atoms with Crippen LogP contribution in [0.3, 0.4) is 0 Å². The minimum atomic E-state index is -0.636. The lowest BCUT2D eigenvalue weighted by atomic mass is 10.0. The van der Waals surface area contributed by atoms with E-state index in [0.29, 0.717) is 17.8 Å². The molecular weight excluding hydrogens is 266 g/mol. The molecule has 1 aliphatic carbocycles. The van der Waals surface area contributed by atoms with Gasteiger partial charge in [-0.15, -0.1) is 0 Å². The van der Waals surface area contributed by atoms with Crippen molar-refractivity contribution >= 4 is 17.3 Å². The second-order valence-electron chi connectivity index (χ2n) is 6.26. The summed E-state index contributed by atoms with van der Waals surface area (Å²) >= 11 is 0. The summed E-state index contributed by atoms with van der Waals surface area (Å²) in [6.07, 6.45) is 3.79. The molecule has 5 heteroatoms. The fourth-order valence-electron chi connectivity index (χ4n) is 2.98. The van der Waals surface area contributed by atoms with Crippen molar-refractivity contribution in [1.82, 2.24) is 4.90 Å².